The highest BCUT2D eigenvalue weighted by Crippen LogP contribution is 2.40. The van der Waals surface area contributed by atoms with Gasteiger partial charge in [0.1, 0.15) is 0 Å². The van der Waals surface area contributed by atoms with Gasteiger partial charge >= 0.3 is 0 Å². The topological polar surface area (TPSA) is 52.9 Å². The predicted octanol–water partition coefficient (Wildman–Crippen LogP) is 3.96. The third-order valence-electron chi connectivity index (χ3n) is 4.55. The van der Waals surface area contributed by atoms with E-state index in [1.54, 1.807) is 30.6 Å². The first-order valence-electron chi connectivity index (χ1n) is 8.79. The molecule has 28 heavy (non-hydrogen) atoms. The summed E-state index contributed by atoms with van der Waals surface area (Å²) in [6.45, 7) is 0.997. The first-order chi connectivity index (χ1) is 13.6. The molecule has 0 atom stereocenters. The Kier molecular flexibility index (Phi) is 6.26. The minimum atomic E-state index is -0.132. The van der Waals surface area contributed by atoms with E-state index in [2.05, 4.69) is 0 Å². The summed E-state index contributed by atoms with van der Waals surface area (Å²) < 4.78 is 18.3. The molecular weight excluding hydrogens is 376 g/mol. The Labute approximate surface area is 168 Å². The van der Waals surface area contributed by atoms with Crippen molar-refractivity contribution in [3.05, 3.63) is 64.1 Å². The van der Waals surface area contributed by atoms with E-state index in [-0.39, 0.29) is 5.91 Å². The van der Waals surface area contributed by atoms with Crippen LogP contribution in [0.1, 0.15) is 20.9 Å². The molecule has 2 aromatic heterocycles. The van der Waals surface area contributed by atoms with E-state index in [0.717, 1.165) is 10.6 Å². The van der Waals surface area contributed by atoms with Crippen molar-refractivity contribution < 1.29 is 19.0 Å². The summed E-state index contributed by atoms with van der Waals surface area (Å²) in [5.41, 5.74) is 1.48. The van der Waals surface area contributed by atoms with Crippen LogP contribution in [0, 0.1) is 0 Å². The monoisotopic (exact) mass is 400 g/mol. The van der Waals surface area contributed by atoms with E-state index in [0.29, 0.717) is 35.9 Å². The molecule has 0 radical (unpaired) electrons. The van der Waals surface area contributed by atoms with Crippen LogP contribution < -0.4 is 14.2 Å². The van der Waals surface area contributed by atoms with Crippen LogP contribution in [0.2, 0.25) is 0 Å². The Morgan fingerprint density at radius 3 is 2.36 bits per heavy atom. The molecule has 3 aromatic rings. The number of hydrogen-bond donors (Lipinski definition) is 0. The normalized spacial score (nSPS) is 10.6. The van der Waals surface area contributed by atoms with Crippen molar-refractivity contribution in [1.82, 2.24) is 9.47 Å². The minimum Gasteiger partial charge on any atom is -0.493 e. The molecule has 0 aliphatic carbocycles. The molecule has 0 fully saturated rings. The van der Waals surface area contributed by atoms with Gasteiger partial charge in [0.15, 0.2) is 11.5 Å². The average Bonchev–Trinajstić information content (AvgIpc) is 3.37. The molecule has 148 valence electrons. The van der Waals surface area contributed by atoms with Crippen molar-refractivity contribution in [2.75, 3.05) is 21.3 Å². The number of carbonyl (C=O) groups excluding carboxylic acids is 1. The van der Waals surface area contributed by atoms with Crippen LogP contribution in [-0.4, -0.2) is 36.7 Å². The van der Waals surface area contributed by atoms with E-state index in [9.17, 15) is 4.79 Å². The van der Waals surface area contributed by atoms with Crippen molar-refractivity contribution in [3.8, 4) is 17.2 Å². The molecule has 0 aliphatic rings. The van der Waals surface area contributed by atoms with Crippen LogP contribution in [0.25, 0.3) is 0 Å². The first kappa shape index (κ1) is 19.8. The van der Waals surface area contributed by atoms with Crippen molar-refractivity contribution in [2.24, 2.45) is 7.05 Å². The zero-order valence-electron chi connectivity index (χ0n) is 16.5. The summed E-state index contributed by atoms with van der Waals surface area (Å²) >= 11 is 1.63. The lowest BCUT2D eigenvalue weighted by atomic mass is 10.1. The second-order valence-electron chi connectivity index (χ2n) is 6.23. The van der Waals surface area contributed by atoms with Crippen LogP contribution >= 0.6 is 11.3 Å². The lowest BCUT2D eigenvalue weighted by molar-refractivity contribution is 0.0724. The van der Waals surface area contributed by atoms with Crippen LogP contribution in [-0.2, 0) is 20.1 Å². The molecule has 0 unspecified atom stereocenters. The van der Waals surface area contributed by atoms with Gasteiger partial charge in [-0.2, -0.15) is 0 Å². The highest BCUT2D eigenvalue weighted by Gasteiger charge is 2.25. The highest BCUT2D eigenvalue weighted by atomic mass is 32.1. The molecular formula is C21H24N2O4S. The summed E-state index contributed by atoms with van der Waals surface area (Å²) in [6.07, 6.45) is 1.97. The Balaban J connectivity index is 1.99. The van der Waals surface area contributed by atoms with Crippen LogP contribution in [0.5, 0.6) is 17.2 Å². The molecule has 1 aromatic carbocycles. The summed E-state index contributed by atoms with van der Waals surface area (Å²) in [4.78, 5) is 16.4. The zero-order chi connectivity index (χ0) is 20.1. The maximum atomic E-state index is 13.5. The first-order valence-corrected chi connectivity index (χ1v) is 9.67. The van der Waals surface area contributed by atoms with Gasteiger partial charge in [-0.15, -0.1) is 11.3 Å². The second-order valence-corrected chi connectivity index (χ2v) is 7.27. The fourth-order valence-corrected chi connectivity index (χ4v) is 3.81. The van der Waals surface area contributed by atoms with E-state index in [4.69, 9.17) is 14.2 Å². The second kappa shape index (κ2) is 8.84. The number of methoxy groups -OCH3 is 3. The van der Waals surface area contributed by atoms with Gasteiger partial charge in [-0.05, 0) is 35.7 Å². The third-order valence-corrected chi connectivity index (χ3v) is 5.41. The standard InChI is InChI=1S/C21H24N2O4S/c1-22-11-5-7-15(22)13-23(14-16-8-6-12-28-16)21(24)17-9-10-18(25-2)20(27-4)19(17)26-3/h5-12H,13-14H2,1-4H3. The Morgan fingerprint density at radius 2 is 1.79 bits per heavy atom. The van der Waals surface area contributed by atoms with E-state index in [1.807, 2.05) is 52.4 Å². The molecule has 0 spiro atoms. The maximum absolute atomic E-state index is 13.5. The molecule has 0 aliphatic heterocycles. The Hall–Kier alpha value is -2.93. The van der Waals surface area contributed by atoms with Crippen molar-refractivity contribution in [2.45, 2.75) is 13.1 Å². The number of hydrogen-bond acceptors (Lipinski definition) is 5. The van der Waals surface area contributed by atoms with Crippen molar-refractivity contribution >= 4 is 17.2 Å². The van der Waals surface area contributed by atoms with Gasteiger partial charge < -0.3 is 23.7 Å². The Morgan fingerprint density at radius 1 is 1.00 bits per heavy atom. The van der Waals surface area contributed by atoms with E-state index < -0.39 is 0 Å². The number of benzene rings is 1. The summed E-state index contributed by atoms with van der Waals surface area (Å²) in [6, 6.07) is 11.4. The number of amides is 1. The zero-order valence-corrected chi connectivity index (χ0v) is 17.3. The van der Waals surface area contributed by atoms with Gasteiger partial charge in [0.05, 0.1) is 40.0 Å². The predicted molar refractivity (Wildman–Crippen MR) is 109 cm³/mol. The number of nitrogens with zero attached hydrogens (tertiary/aromatic N) is 2. The fourth-order valence-electron chi connectivity index (χ4n) is 3.09. The van der Waals surface area contributed by atoms with E-state index in [1.165, 1.54) is 14.2 Å². The van der Waals surface area contributed by atoms with Crippen LogP contribution in [0.4, 0.5) is 0 Å². The molecule has 1 amide bonds. The van der Waals surface area contributed by atoms with Crippen molar-refractivity contribution in [3.63, 3.8) is 0 Å². The van der Waals surface area contributed by atoms with Gasteiger partial charge in [-0.3, -0.25) is 4.79 Å². The lowest BCUT2D eigenvalue weighted by Gasteiger charge is -2.24. The molecule has 3 rings (SSSR count). The quantitative estimate of drug-likeness (QED) is 0.574. The molecule has 0 saturated carbocycles. The van der Waals surface area contributed by atoms with Gasteiger partial charge in [0.2, 0.25) is 5.75 Å². The smallest absolute Gasteiger partial charge is 0.258 e. The number of rotatable bonds is 8. The van der Waals surface area contributed by atoms with E-state index >= 15 is 0 Å². The van der Waals surface area contributed by atoms with Gasteiger partial charge in [0.25, 0.3) is 5.91 Å². The summed E-state index contributed by atoms with van der Waals surface area (Å²) in [5.74, 6) is 1.16. The largest absolute Gasteiger partial charge is 0.493 e. The third kappa shape index (κ3) is 3.99. The molecule has 2 heterocycles. The van der Waals surface area contributed by atoms with Crippen molar-refractivity contribution in [1.29, 1.82) is 0 Å². The molecule has 0 N–H and O–H groups in total. The molecule has 0 saturated heterocycles. The van der Waals surface area contributed by atoms with Crippen LogP contribution in [0.15, 0.2) is 48.0 Å². The minimum absolute atomic E-state index is 0.132. The SMILES string of the molecule is COc1ccc(C(=O)N(Cc2cccs2)Cc2cccn2C)c(OC)c1OC. The summed E-state index contributed by atoms with van der Waals surface area (Å²) in [7, 11) is 6.58. The number of aromatic nitrogens is 1. The van der Waals surface area contributed by atoms with Gasteiger partial charge in [-0.25, -0.2) is 0 Å². The molecule has 0 bridgehead atoms. The fraction of sp³-hybridized carbons (Fsp3) is 0.286. The number of aryl methyl sites for hydroxylation is 1. The number of thiophene rings is 1. The molecule has 6 nitrogen and oxygen atoms in total. The van der Waals surface area contributed by atoms with Gasteiger partial charge in [0, 0.05) is 23.8 Å². The Bertz CT molecular complexity index is 934. The summed E-state index contributed by atoms with van der Waals surface area (Å²) in [5, 5.41) is 2.01. The van der Waals surface area contributed by atoms with Crippen LogP contribution in [0.3, 0.4) is 0 Å². The highest BCUT2D eigenvalue weighted by molar-refractivity contribution is 7.09. The number of carbonyl (C=O) groups is 1. The number of ether oxygens (including phenoxy) is 3. The maximum Gasteiger partial charge on any atom is 0.258 e. The average molecular weight is 401 g/mol. The lowest BCUT2D eigenvalue weighted by Crippen LogP contribution is -2.31. The molecule has 7 heteroatoms. The van der Waals surface area contributed by atoms with Gasteiger partial charge in [-0.1, -0.05) is 6.07 Å².